The van der Waals surface area contributed by atoms with Crippen LogP contribution in [-0.4, -0.2) is 30.8 Å². The van der Waals surface area contributed by atoms with Crippen molar-refractivity contribution in [2.45, 2.75) is 4.90 Å². The van der Waals surface area contributed by atoms with Crippen LogP contribution < -0.4 is 28.1 Å². The van der Waals surface area contributed by atoms with Crippen molar-refractivity contribution >= 4 is 33.6 Å². The Hall–Kier alpha value is -3.67. The average molecular weight is 376 g/mol. The molecule has 0 fully saturated rings. The zero-order valence-corrected chi connectivity index (χ0v) is 13.8. The third kappa shape index (κ3) is 2.67. The van der Waals surface area contributed by atoms with Gasteiger partial charge in [0, 0.05) is 6.07 Å². The van der Waals surface area contributed by atoms with Gasteiger partial charge in [-0.15, -0.1) is 4.40 Å². The van der Waals surface area contributed by atoms with Gasteiger partial charge in [0.1, 0.15) is 5.82 Å². The van der Waals surface area contributed by atoms with Gasteiger partial charge in [-0.25, -0.2) is 0 Å². The number of hydrogen-bond acceptors (Lipinski definition) is 6. The number of pyridine rings is 1. The van der Waals surface area contributed by atoms with Gasteiger partial charge < -0.3 is 17.2 Å². The van der Waals surface area contributed by atoms with E-state index in [1.54, 1.807) is 0 Å². The van der Waals surface area contributed by atoms with Crippen molar-refractivity contribution in [3.8, 4) is 5.69 Å². The van der Waals surface area contributed by atoms with E-state index in [9.17, 15) is 22.8 Å². The molecule has 12 heteroatoms. The second-order valence-corrected chi connectivity index (χ2v) is 6.86. The number of nitrogens with one attached hydrogen (secondary N) is 1. The SMILES string of the molecule is NC(N)=NS(=O)(=O)c1ccc(-n2c(N)c3c(cc2=O)C(=O)NC3=O)cc1. The quantitative estimate of drug-likeness (QED) is 0.275. The second-order valence-electron chi connectivity index (χ2n) is 5.26. The zero-order valence-electron chi connectivity index (χ0n) is 13.0. The molecule has 0 unspecified atom stereocenters. The van der Waals surface area contributed by atoms with E-state index >= 15 is 0 Å². The average Bonchev–Trinajstić information content (AvgIpc) is 2.81. The highest BCUT2D eigenvalue weighted by atomic mass is 32.2. The predicted octanol–water partition coefficient (Wildman–Crippen LogP) is -1.73. The molecular weight excluding hydrogens is 364 g/mol. The van der Waals surface area contributed by atoms with Crippen LogP contribution in [0.2, 0.25) is 0 Å². The van der Waals surface area contributed by atoms with Gasteiger partial charge >= 0.3 is 0 Å². The van der Waals surface area contributed by atoms with Crippen LogP contribution in [0.4, 0.5) is 5.82 Å². The van der Waals surface area contributed by atoms with E-state index in [1.165, 1.54) is 24.3 Å². The monoisotopic (exact) mass is 376 g/mol. The van der Waals surface area contributed by atoms with Gasteiger partial charge in [-0.1, -0.05) is 0 Å². The third-order valence-electron chi connectivity index (χ3n) is 3.57. The molecule has 0 saturated heterocycles. The van der Waals surface area contributed by atoms with Crippen LogP contribution in [0.25, 0.3) is 5.69 Å². The maximum atomic E-state index is 12.3. The topological polar surface area (TPSA) is 193 Å². The molecule has 0 saturated carbocycles. The molecule has 1 aliphatic heterocycles. The number of amides is 2. The largest absolute Gasteiger partial charge is 0.384 e. The van der Waals surface area contributed by atoms with E-state index in [1.807, 2.05) is 5.32 Å². The number of imide groups is 1. The van der Waals surface area contributed by atoms with E-state index in [0.29, 0.717) is 0 Å². The molecule has 0 bridgehead atoms. The molecule has 7 N–H and O–H groups in total. The molecule has 2 heterocycles. The maximum absolute atomic E-state index is 12.3. The van der Waals surface area contributed by atoms with Crippen LogP contribution in [0.1, 0.15) is 20.7 Å². The summed E-state index contributed by atoms with van der Waals surface area (Å²) < 4.78 is 28.0. The third-order valence-corrected chi connectivity index (χ3v) is 4.89. The van der Waals surface area contributed by atoms with E-state index in [2.05, 4.69) is 4.40 Å². The first-order valence-electron chi connectivity index (χ1n) is 6.99. The molecule has 1 aromatic heterocycles. The van der Waals surface area contributed by atoms with E-state index in [0.717, 1.165) is 10.6 Å². The smallest absolute Gasteiger partial charge is 0.285 e. The van der Waals surface area contributed by atoms with E-state index < -0.39 is 33.4 Å². The number of nitrogens with zero attached hydrogens (tertiary/aromatic N) is 2. The summed E-state index contributed by atoms with van der Waals surface area (Å²) in [4.78, 5) is 35.6. The minimum atomic E-state index is -4.09. The summed E-state index contributed by atoms with van der Waals surface area (Å²) in [5.41, 5.74) is 15.3. The van der Waals surface area contributed by atoms with Crippen molar-refractivity contribution in [2.75, 3.05) is 5.73 Å². The lowest BCUT2D eigenvalue weighted by Gasteiger charge is -2.12. The lowest BCUT2D eigenvalue weighted by molar-refractivity contribution is 0.0880. The van der Waals surface area contributed by atoms with Gasteiger partial charge in [0.05, 0.1) is 21.7 Å². The minimum absolute atomic E-state index is 0.110. The Kier molecular flexibility index (Phi) is 3.76. The van der Waals surface area contributed by atoms with Gasteiger partial charge in [-0.3, -0.25) is 24.3 Å². The highest BCUT2D eigenvalue weighted by Gasteiger charge is 2.31. The molecule has 2 aromatic rings. The van der Waals surface area contributed by atoms with Crippen LogP contribution in [0.5, 0.6) is 0 Å². The lowest BCUT2D eigenvalue weighted by atomic mass is 10.1. The van der Waals surface area contributed by atoms with Crippen LogP contribution in [0, 0.1) is 0 Å². The number of carbonyl (C=O) groups is 2. The summed E-state index contributed by atoms with van der Waals surface area (Å²) in [5.74, 6) is -2.29. The van der Waals surface area contributed by atoms with Crippen molar-refractivity contribution in [3.63, 3.8) is 0 Å². The number of anilines is 1. The first kappa shape index (κ1) is 17.2. The van der Waals surface area contributed by atoms with Crippen molar-refractivity contribution < 1.29 is 18.0 Å². The number of carbonyl (C=O) groups excluding carboxylic acids is 2. The van der Waals surface area contributed by atoms with Crippen molar-refractivity contribution in [2.24, 2.45) is 15.9 Å². The van der Waals surface area contributed by atoms with Gasteiger partial charge in [-0.05, 0) is 24.3 Å². The van der Waals surface area contributed by atoms with Crippen LogP contribution in [0.15, 0.2) is 44.4 Å². The molecule has 1 aromatic carbocycles. The number of guanidine groups is 1. The fourth-order valence-corrected chi connectivity index (χ4v) is 3.37. The number of sulfonamides is 1. The number of rotatable bonds is 3. The Balaban J connectivity index is 2.14. The summed E-state index contributed by atoms with van der Waals surface area (Å²) in [6, 6.07) is 5.89. The highest BCUT2D eigenvalue weighted by Crippen LogP contribution is 2.23. The number of nitrogens with two attached hydrogens (primary N) is 3. The van der Waals surface area contributed by atoms with Gasteiger partial charge in [0.2, 0.25) is 5.96 Å². The summed E-state index contributed by atoms with van der Waals surface area (Å²) in [6.07, 6.45) is 0. The number of nitrogen functional groups attached to an aromatic ring is 1. The van der Waals surface area contributed by atoms with Gasteiger partial charge in [-0.2, -0.15) is 8.42 Å². The molecule has 26 heavy (non-hydrogen) atoms. The number of benzene rings is 1. The number of hydrogen-bond donors (Lipinski definition) is 4. The molecular formula is C14H12N6O5S. The highest BCUT2D eigenvalue weighted by molar-refractivity contribution is 7.90. The Morgan fingerprint density at radius 2 is 1.65 bits per heavy atom. The minimum Gasteiger partial charge on any atom is -0.384 e. The summed E-state index contributed by atoms with van der Waals surface area (Å²) in [7, 11) is -4.09. The molecule has 0 spiro atoms. The summed E-state index contributed by atoms with van der Waals surface area (Å²) in [5, 5.41) is 2.05. The van der Waals surface area contributed by atoms with Crippen molar-refractivity contribution in [1.82, 2.24) is 9.88 Å². The van der Waals surface area contributed by atoms with E-state index in [4.69, 9.17) is 17.2 Å². The van der Waals surface area contributed by atoms with E-state index in [-0.39, 0.29) is 27.5 Å². The van der Waals surface area contributed by atoms with Crippen molar-refractivity contribution in [1.29, 1.82) is 0 Å². The number of fused-ring (bicyclic) bond motifs is 1. The molecule has 3 rings (SSSR count). The van der Waals surface area contributed by atoms with Gasteiger partial charge in [0.15, 0.2) is 0 Å². The maximum Gasteiger partial charge on any atom is 0.285 e. The molecule has 1 aliphatic rings. The number of aromatic nitrogens is 1. The standard InChI is InChI=1S/C14H12N6O5S/c15-11-10-8(12(22)18-13(10)23)5-9(21)20(11)6-1-3-7(4-2-6)26(24,25)19-14(16)17/h1-5H,15H2,(H4,16,17,19)(H,18,22,23). The first-order valence-corrected chi connectivity index (χ1v) is 8.43. The Labute approximate surface area is 146 Å². The fraction of sp³-hybridized carbons (Fsp3) is 0. The molecule has 0 atom stereocenters. The molecule has 11 nitrogen and oxygen atoms in total. The second kappa shape index (κ2) is 5.70. The molecule has 0 radical (unpaired) electrons. The zero-order chi connectivity index (χ0) is 19.2. The molecule has 0 aliphatic carbocycles. The molecule has 134 valence electrons. The van der Waals surface area contributed by atoms with Crippen LogP contribution in [-0.2, 0) is 10.0 Å². The molecule has 2 amide bonds. The lowest BCUT2D eigenvalue weighted by Crippen LogP contribution is -2.24. The van der Waals surface area contributed by atoms with Crippen LogP contribution in [0.3, 0.4) is 0 Å². The van der Waals surface area contributed by atoms with Crippen LogP contribution >= 0.6 is 0 Å². The Morgan fingerprint density at radius 3 is 2.23 bits per heavy atom. The predicted molar refractivity (Wildman–Crippen MR) is 91.2 cm³/mol. The Morgan fingerprint density at radius 1 is 1.04 bits per heavy atom. The van der Waals surface area contributed by atoms with Gasteiger partial charge in [0.25, 0.3) is 27.4 Å². The summed E-state index contributed by atoms with van der Waals surface area (Å²) >= 11 is 0. The fourth-order valence-electron chi connectivity index (χ4n) is 2.50. The Bertz CT molecular complexity index is 1140. The first-order chi connectivity index (χ1) is 12.1. The van der Waals surface area contributed by atoms with Crippen molar-refractivity contribution in [3.05, 3.63) is 51.8 Å². The normalized spacial score (nSPS) is 13.2. The summed E-state index contributed by atoms with van der Waals surface area (Å²) in [6.45, 7) is 0.